The van der Waals surface area contributed by atoms with Gasteiger partial charge in [0.15, 0.2) is 11.0 Å². The predicted molar refractivity (Wildman–Crippen MR) is 130 cm³/mol. The molecule has 2 aromatic carbocycles. The van der Waals surface area contributed by atoms with Gasteiger partial charge in [-0.3, -0.25) is 14.0 Å². The van der Waals surface area contributed by atoms with Crippen LogP contribution in [0.4, 0.5) is 5.69 Å². The van der Waals surface area contributed by atoms with Crippen molar-refractivity contribution in [2.75, 3.05) is 24.1 Å². The van der Waals surface area contributed by atoms with Gasteiger partial charge in [0.05, 0.1) is 29.1 Å². The van der Waals surface area contributed by atoms with Crippen molar-refractivity contribution in [1.29, 1.82) is 0 Å². The molecule has 1 fully saturated rings. The molecule has 8 nitrogen and oxygen atoms in total. The van der Waals surface area contributed by atoms with Gasteiger partial charge in [0.25, 0.3) is 0 Å². The number of carbonyl (C=O) groups excluding carboxylic acids is 2. The highest BCUT2D eigenvalue weighted by Crippen LogP contribution is 2.52. The number of thioether (sulfide) groups is 1. The minimum absolute atomic E-state index is 0.000829. The van der Waals surface area contributed by atoms with E-state index < -0.39 is 34.4 Å². The Bertz CT molecular complexity index is 1270. The molecule has 0 aliphatic carbocycles. The Morgan fingerprint density at radius 2 is 2.15 bits per heavy atom. The summed E-state index contributed by atoms with van der Waals surface area (Å²) in [7, 11) is -1.51. The van der Waals surface area contributed by atoms with Crippen LogP contribution in [0.3, 0.4) is 0 Å². The number of ether oxygens (including phenoxy) is 1. The average molecular weight is 501 g/mol. The van der Waals surface area contributed by atoms with E-state index in [0.29, 0.717) is 16.2 Å². The van der Waals surface area contributed by atoms with Gasteiger partial charge in [0.1, 0.15) is 17.7 Å². The van der Waals surface area contributed by atoms with Crippen LogP contribution in [-0.2, 0) is 31.7 Å². The number of aliphatic hydroxyl groups excluding tert-OH is 2. The number of β-lactam (4-membered cyclic amide) rings is 1. The molecule has 1 amide bonds. The second-order valence-corrected chi connectivity index (χ2v) is 10.9. The summed E-state index contributed by atoms with van der Waals surface area (Å²) in [6.45, 7) is 5.28. The summed E-state index contributed by atoms with van der Waals surface area (Å²) in [5.74, 6) is -1.58. The number of anilines is 1. The zero-order valence-corrected chi connectivity index (χ0v) is 20.1. The van der Waals surface area contributed by atoms with Gasteiger partial charge < -0.3 is 14.9 Å². The van der Waals surface area contributed by atoms with E-state index in [1.54, 1.807) is 11.2 Å². The smallest absolute Gasteiger partial charge is 0.356 e. The van der Waals surface area contributed by atoms with Crippen molar-refractivity contribution in [3.05, 3.63) is 59.2 Å². The Balaban J connectivity index is 1.54. The van der Waals surface area contributed by atoms with E-state index in [2.05, 4.69) is 6.58 Å². The van der Waals surface area contributed by atoms with Crippen LogP contribution in [0.2, 0.25) is 0 Å². The maximum atomic E-state index is 13.5. The molecular formula is C24H24N2O6S2. The predicted octanol–water partition coefficient (Wildman–Crippen LogP) is 2.07. The molecule has 2 N–H and O–H groups in total. The van der Waals surface area contributed by atoms with Crippen molar-refractivity contribution in [2.24, 2.45) is 5.92 Å². The Hall–Kier alpha value is -2.66. The molecule has 0 spiro atoms. The number of nitrogens with zero attached hydrogens (tertiary/aromatic N) is 2. The molecule has 3 aliphatic heterocycles. The maximum Gasteiger partial charge on any atom is 0.356 e. The van der Waals surface area contributed by atoms with Crippen molar-refractivity contribution in [1.82, 2.24) is 4.90 Å². The zero-order valence-electron chi connectivity index (χ0n) is 18.5. The summed E-state index contributed by atoms with van der Waals surface area (Å²) in [5, 5.41) is 20.9. The van der Waals surface area contributed by atoms with Crippen LogP contribution < -0.4 is 4.31 Å². The molecule has 5 rings (SSSR count). The molecule has 1 saturated heterocycles. The molecule has 4 atom stereocenters. The third-order valence-corrected chi connectivity index (χ3v) is 9.09. The monoisotopic (exact) mass is 500 g/mol. The number of fused-ring (bicyclic) bond motifs is 1. The Kier molecular flexibility index (Phi) is 6.01. The molecule has 0 radical (unpaired) electrons. The van der Waals surface area contributed by atoms with Crippen molar-refractivity contribution in [3.63, 3.8) is 0 Å². The first-order valence-corrected chi connectivity index (χ1v) is 12.9. The van der Waals surface area contributed by atoms with Crippen molar-refractivity contribution >= 4 is 51.1 Å². The number of benzene rings is 2. The highest BCUT2D eigenvalue weighted by atomic mass is 32.2. The van der Waals surface area contributed by atoms with Gasteiger partial charge in [0, 0.05) is 16.9 Å². The Morgan fingerprint density at radius 1 is 1.35 bits per heavy atom. The van der Waals surface area contributed by atoms with Gasteiger partial charge in [0.2, 0.25) is 5.91 Å². The van der Waals surface area contributed by atoms with Gasteiger partial charge in [-0.25, -0.2) is 9.00 Å². The van der Waals surface area contributed by atoms with E-state index in [9.17, 15) is 24.0 Å². The summed E-state index contributed by atoms with van der Waals surface area (Å²) < 4.78 is 20.5. The quantitative estimate of drug-likeness (QED) is 0.325. The van der Waals surface area contributed by atoms with E-state index in [1.165, 1.54) is 22.7 Å². The van der Waals surface area contributed by atoms with Crippen LogP contribution in [-0.4, -0.2) is 62.4 Å². The highest BCUT2D eigenvalue weighted by molar-refractivity contribution is 8.04. The molecule has 2 aromatic rings. The fourth-order valence-corrected chi connectivity index (χ4v) is 7.81. The SMILES string of the molecule is C=CCOC(=O)C1=C(CN2c3cccc4c(CCO)ccc(c34)S2=O)SC2C([C@@H](C)O)C(=O)N12. The molecule has 3 heterocycles. The largest absolute Gasteiger partial charge is 0.457 e. The molecule has 34 heavy (non-hydrogen) atoms. The number of amides is 1. The first kappa shape index (κ1) is 23.1. The van der Waals surface area contributed by atoms with Gasteiger partial charge in [-0.05, 0) is 36.4 Å². The number of esters is 1. The highest BCUT2D eigenvalue weighted by Gasteiger charge is 2.58. The second-order valence-electron chi connectivity index (χ2n) is 8.32. The lowest BCUT2D eigenvalue weighted by molar-refractivity contribution is -0.157. The van der Waals surface area contributed by atoms with Crippen LogP contribution >= 0.6 is 11.8 Å². The van der Waals surface area contributed by atoms with E-state index >= 15 is 0 Å². The third-order valence-electron chi connectivity index (χ3n) is 6.29. The van der Waals surface area contributed by atoms with Crippen molar-refractivity contribution in [3.8, 4) is 0 Å². The number of hydrogen-bond acceptors (Lipinski definition) is 7. The lowest BCUT2D eigenvalue weighted by Crippen LogP contribution is -2.60. The molecule has 3 unspecified atom stereocenters. The summed E-state index contributed by atoms with van der Waals surface area (Å²) in [4.78, 5) is 28.3. The van der Waals surface area contributed by atoms with Crippen LogP contribution in [0.5, 0.6) is 0 Å². The van der Waals surface area contributed by atoms with Crippen molar-refractivity contribution < 1.29 is 28.7 Å². The number of carbonyl (C=O) groups is 2. The van der Waals surface area contributed by atoms with E-state index in [1.807, 2.05) is 30.3 Å². The number of rotatable bonds is 8. The Morgan fingerprint density at radius 3 is 2.85 bits per heavy atom. The maximum absolute atomic E-state index is 13.5. The molecule has 0 aromatic heterocycles. The molecule has 178 valence electrons. The van der Waals surface area contributed by atoms with Gasteiger partial charge >= 0.3 is 5.97 Å². The topological polar surface area (TPSA) is 107 Å². The minimum atomic E-state index is -1.51. The number of aliphatic hydroxyl groups is 2. The fraction of sp³-hybridized carbons (Fsp3) is 0.333. The molecular weight excluding hydrogens is 476 g/mol. The minimum Gasteiger partial charge on any atom is -0.457 e. The second kappa shape index (κ2) is 8.84. The van der Waals surface area contributed by atoms with E-state index in [-0.39, 0.29) is 31.4 Å². The summed E-state index contributed by atoms with van der Waals surface area (Å²) in [6, 6.07) is 9.43. The molecule has 10 heteroatoms. The van der Waals surface area contributed by atoms with Gasteiger partial charge in [-0.2, -0.15) is 0 Å². The van der Waals surface area contributed by atoms with Crippen LogP contribution in [0.25, 0.3) is 10.8 Å². The zero-order chi connectivity index (χ0) is 24.1. The summed E-state index contributed by atoms with van der Waals surface area (Å²) in [6.07, 6.45) is 1.09. The molecule has 0 saturated carbocycles. The van der Waals surface area contributed by atoms with Gasteiger partial charge in [-0.1, -0.05) is 42.6 Å². The number of hydrogen-bond donors (Lipinski definition) is 2. The first-order chi connectivity index (χ1) is 16.4. The normalized spacial score (nSPS) is 23.9. The van der Waals surface area contributed by atoms with E-state index in [4.69, 9.17) is 4.74 Å². The lowest BCUT2D eigenvalue weighted by atomic mass is 9.92. The lowest BCUT2D eigenvalue weighted by Gasteiger charge is -2.43. The average Bonchev–Trinajstić information content (AvgIpc) is 3.27. The standard InChI is InChI=1S/C24H24N2O6S2/c1-3-11-32-24(30)21-17(33-23-19(13(2)28)22(29)26(21)23)12-25-16-6-4-5-15-14(9-10-27)7-8-18(20(15)16)34(25)31/h3-8,13,19,23,27-28H,1,9-12H2,2H3/t13-,19?,23?,34?/m1/s1. The summed E-state index contributed by atoms with van der Waals surface area (Å²) >= 11 is 1.33. The van der Waals surface area contributed by atoms with Crippen molar-refractivity contribution in [2.45, 2.75) is 29.7 Å². The van der Waals surface area contributed by atoms with Crippen LogP contribution in [0.15, 0.2) is 58.5 Å². The summed E-state index contributed by atoms with van der Waals surface area (Å²) in [5.41, 5.74) is 1.88. The van der Waals surface area contributed by atoms with E-state index in [0.717, 1.165) is 22.0 Å². The van der Waals surface area contributed by atoms with Crippen LogP contribution in [0.1, 0.15) is 12.5 Å². The molecule has 3 aliphatic rings. The van der Waals surface area contributed by atoms with Crippen LogP contribution in [0, 0.1) is 5.92 Å². The third kappa shape index (κ3) is 3.39. The Labute approximate surface area is 203 Å². The first-order valence-electron chi connectivity index (χ1n) is 10.9. The molecule has 0 bridgehead atoms. The fourth-order valence-electron chi connectivity index (χ4n) is 4.75. The van der Waals surface area contributed by atoms with Gasteiger partial charge in [-0.15, -0.1) is 0 Å².